The largest absolute Gasteiger partial charge is 0.380 e. The van der Waals surface area contributed by atoms with Crippen molar-refractivity contribution in [3.8, 4) is 0 Å². The van der Waals surface area contributed by atoms with Crippen molar-refractivity contribution in [2.75, 3.05) is 45.9 Å². The molecular weight excluding hydrogens is 244 g/mol. The van der Waals surface area contributed by atoms with Crippen LogP contribution >= 0.6 is 11.3 Å². The Morgan fingerprint density at radius 2 is 2.11 bits per heavy atom. The maximum Gasteiger partial charge on any atom is 0.0593 e. The Balaban J connectivity index is 1.73. The molecule has 1 unspecified atom stereocenters. The van der Waals surface area contributed by atoms with Crippen LogP contribution in [0.15, 0.2) is 16.8 Å². The molecule has 1 aliphatic heterocycles. The van der Waals surface area contributed by atoms with E-state index < -0.39 is 0 Å². The monoisotopic (exact) mass is 268 g/mol. The predicted molar refractivity (Wildman–Crippen MR) is 77.2 cm³/mol. The third-order valence-corrected chi connectivity index (χ3v) is 4.44. The van der Waals surface area contributed by atoms with Crippen LogP contribution in [0.2, 0.25) is 0 Å². The van der Waals surface area contributed by atoms with Gasteiger partial charge in [-0.1, -0.05) is 0 Å². The summed E-state index contributed by atoms with van der Waals surface area (Å²) >= 11 is 1.79. The van der Waals surface area contributed by atoms with Gasteiger partial charge in [0.05, 0.1) is 6.61 Å². The molecule has 0 amide bonds. The molecule has 0 saturated carbocycles. The Morgan fingerprint density at radius 3 is 2.72 bits per heavy atom. The minimum absolute atomic E-state index is 0.560. The van der Waals surface area contributed by atoms with Gasteiger partial charge in [0, 0.05) is 45.4 Å². The second-order valence-corrected chi connectivity index (χ2v) is 5.59. The zero-order chi connectivity index (χ0) is 12.8. The molecule has 0 bridgehead atoms. The van der Waals surface area contributed by atoms with Crippen molar-refractivity contribution < 1.29 is 4.74 Å². The van der Waals surface area contributed by atoms with Crippen LogP contribution in [-0.4, -0.2) is 55.7 Å². The quantitative estimate of drug-likeness (QED) is 0.737. The van der Waals surface area contributed by atoms with E-state index >= 15 is 0 Å². The second kappa shape index (κ2) is 7.24. The summed E-state index contributed by atoms with van der Waals surface area (Å²) in [7, 11) is 0. The summed E-state index contributed by atoms with van der Waals surface area (Å²) in [5.74, 6) is 0. The molecule has 1 atom stereocenters. The van der Waals surface area contributed by atoms with Crippen molar-refractivity contribution >= 4 is 11.3 Å². The first-order chi connectivity index (χ1) is 8.81. The van der Waals surface area contributed by atoms with Gasteiger partial charge in [0.2, 0.25) is 0 Å². The van der Waals surface area contributed by atoms with Crippen molar-refractivity contribution in [1.29, 1.82) is 0 Å². The molecule has 4 heteroatoms. The normalized spacial score (nSPS) is 20.1. The topological polar surface area (TPSA) is 15.7 Å². The molecule has 18 heavy (non-hydrogen) atoms. The second-order valence-electron chi connectivity index (χ2n) is 4.81. The molecule has 0 radical (unpaired) electrons. The SMILES string of the molecule is CCOCCN1CCN(C(C)c2ccsc2)CC1. The predicted octanol–water partition coefficient (Wildman–Crippen LogP) is 2.46. The first kappa shape index (κ1) is 14.0. The molecule has 1 saturated heterocycles. The zero-order valence-corrected chi connectivity index (χ0v) is 12.3. The summed E-state index contributed by atoms with van der Waals surface area (Å²) in [4.78, 5) is 5.09. The van der Waals surface area contributed by atoms with E-state index in [1.54, 1.807) is 11.3 Å². The standard InChI is InChI=1S/C14H24N2OS/c1-3-17-10-9-15-5-7-16(8-6-15)13(2)14-4-11-18-12-14/h4,11-13H,3,5-10H2,1-2H3. The van der Waals surface area contributed by atoms with Gasteiger partial charge in [-0.05, 0) is 36.2 Å². The fourth-order valence-corrected chi connectivity index (χ4v) is 3.18. The maximum atomic E-state index is 5.42. The average molecular weight is 268 g/mol. The van der Waals surface area contributed by atoms with E-state index in [4.69, 9.17) is 4.74 Å². The molecule has 0 aromatic carbocycles. The van der Waals surface area contributed by atoms with Crippen LogP contribution in [0.25, 0.3) is 0 Å². The van der Waals surface area contributed by atoms with Gasteiger partial charge in [-0.3, -0.25) is 9.80 Å². The molecule has 1 aromatic rings. The summed E-state index contributed by atoms with van der Waals surface area (Å²) < 4.78 is 5.42. The third-order valence-electron chi connectivity index (χ3n) is 3.74. The van der Waals surface area contributed by atoms with Gasteiger partial charge in [0.15, 0.2) is 0 Å². The zero-order valence-electron chi connectivity index (χ0n) is 11.5. The van der Waals surface area contributed by atoms with Gasteiger partial charge in [-0.25, -0.2) is 0 Å². The van der Waals surface area contributed by atoms with Crippen molar-refractivity contribution in [2.45, 2.75) is 19.9 Å². The lowest BCUT2D eigenvalue weighted by atomic mass is 10.1. The smallest absolute Gasteiger partial charge is 0.0593 e. The van der Waals surface area contributed by atoms with Gasteiger partial charge in [-0.2, -0.15) is 11.3 Å². The molecule has 1 aliphatic rings. The highest BCUT2D eigenvalue weighted by Gasteiger charge is 2.21. The Kier molecular flexibility index (Phi) is 5.63. The van der Waals surface area contributed by atoms with Gasteiger partial charge < -0.3 is 4.74 Å². The molecule has 1 fully saturated rings. The molecule has 102 valence electrons. The van der Waals surface area contributed by atoms with Crippen LogP contribution < -0.4 is 0 Å². The Labute approximate surface area is 114 Å². The number of hydrogen-bond acceptors (Lipinski definition) is 4. The van der Waals surface area contributed by atoms with E-state index in [9.17, 15) is 0 Å². The molecule has 0 aliphatic carbocycles. The summed E-state index contributed by atoms with van der Waals surface area (Å²) in [5, 5.41) is 4.44. The lowest BCUT2D eigenvalue weighted by Gasteiger charge is -2.37. The van der Waals surface area contributed by atoms with E-state index in [2.05, 4.69) is 40.5 Å². The molecule has 0 spiro atoms. The summed E-state index contributed by atoms with van der Waals surface area (Å²) in [6.45, 7) is 11.8. The molecule has 3 nitrogen and oxygen atoms in total. The fraction of sp³-hybridized carbons (Fsp3) is 0.714. The number of ether oxygens (including phenoxy) is 1. The molecule has 0 N–H and O–H groups in total. The van der Waals surface area contributed by atoms with Crippen molar-refractivity contribution in [3.05, 3.63) is 22.4 Å². The number of thiophene rings is 1. The Hall–Kier alpha value is -0.420. The van der Waals surface area contributed by atoms with Crippen LogP contribution in [0.5, 0.6) is 0 Å². The van der Waals surface area contributed by atoms with E-state index in [0.29, 0.717) is 6.04 Å². The fourth-order valence-electron chi connectivity index (χ4n) is 2.44. The number of rotatable bonds is 6. The Morgan fingerprint density at radius 1 is 1.33 bits per heavy atom. The van der Waals surface area contributed by atoms with Crippen LogP contribution in [-0.2, 0) is 4.74 Å². The highest BCUT2D eigenvalue weighted by atomic mass is 32.1. The third kappa shape index (κ3) is 3.79. The lowest BCUT2D eigenvalue weighted by Crippen LogP contribution is -2.47. The van der Waals surface area contributed by atoms with E-state index in [1.165, 1.54) is 31.7 Å². The first-order valence-electron chi connectivity index (χ1n) is 6.87. The van der Waals surface area contributed by atoms with Crippen LogP contribution in [0.4, 0.5) is 0 Å². The number of piperazine rings is 1. The van der Waals surface area contributed by atoms with Crippen molar-refractivity contribution in [2.24, 2.45) is 0 Å². The summed E-state index contributed by atoms with van der Waals surface area (Å²) in [6.07, 6.45) is 0. The highest BCUT2D eigenvalue weighted by Crippen LogP contribution is 2.23. The van der Waals surface area contributed by atoms with E-state index in [1.807, 2.05) is 0 Å². The van der Waals surface area contributed by atoms with Crippen molar-refractivity contribution in [3.63, 3.8) is 0 Å². The number of hydrogen-bond donors (Lipinski definition) is 0. The van der Waals surface area contributed by atoms with Crippen molar-refractivity contribution in [1.82, 2.24) is 9.80 Å². The molecule has 2 heterocycles. The van der Waals surface area contributed by atoms with E-state index in [0.717, 1.165) is 19.8 Å². The van der Waals surface area contributed by atoms with Crippen LogP contribution in [0, 0.1) is 0 Å². The van der Waals surface area contributed by atoms with Gasteiger partial charge in [0.1, 0.15) is 0 Å². The Bertz CT molecular complexity index is 321. The molecule has 2 rings (SSSR count). The highest BCUT2D eigenvalue weighted by molar-refractivity contribution is 7.07. The first-order valence-corrected chi connectivity index (χ1v) is 7.81. The minimum Gasteiger partial charge on any atom is -0.380 e. The van der Waals surface area contributed by atoms with Gasteiger partial charge in [-0.15, -0.1) is 0 Å². The maximum absolute atomic E-state index is 5.42. The summed E-state index contributed by atoms with van der Waals surface area (Å²) in [6, 6.07) is 2.81. The lowest BCUT2D eigenvalue weighted by molar-refractivity contribution is 0.0676. The van der Waals surface area contributed by atoms with Gasteiger partial charge >= 0.3 is 0 Å². The van der Waals surface area contributed by atoms with Crippen LogP contribution in [0.3, 0.4) is 0 Å². The van der Waals surface area contributed by atoms with Crippen LogP contribution in [0.1, 0.15) is 25.5 Å². The van der Waals surface area contributed by atoms with E-state index in [-0.39, 0.29) is 0 Å². The molecule has 1 aromatic heterocycles. The average Bonchev–Trinajstić information content (AvgIpc) is 2.93. The molecular formula is C14H24N2OS. The number of nitrogens with zero attached hydrogens (tertiary/aromatic N) is 2. The summed E-state index contributed by atoms with van der Waals surface area (Å²) in [5.41, 5.74) is 1.46. The van der Waals surface area contributed by atoms with Gasteiger partial charge in [0.25, 0.3) is 0 Å². The minimum atomic E-state index is 0.560.